The van der Waals surface area contributed by atoms with Crippen LogP contribution in [0.15, 0.2) is 54.6 Å². The van der Waals surface area contributed by atoms with E-state index in [0.29, 0.717) is 11.1 Å². The van der Waals surface area contributed by atoms with Crippen molar-refractivity contribution in [3.63, 3.8) is 0 Å². The van der Waals surface area contributed by atoms with Crippen LogP contribution < -0.4 is 0 Å². The van der Waals surface area contributed by atoms with Crippen molar-refractivity contribution in [3.8, 4) is 0 Å². The number of hydrogen-bond donors (Lipinski definition) is 2. The van der Waals surface area contributed by atoms with Crippen molar-refractivity contribution in [2.45, 2.75) is 12.9 Å². The number of benzene rings is 2. The molecule has 2 rings (SSSR count). The Labute approximate surface area is 110 Å². The second-order valence-electron chi connectivity index (χ2n) is 4.18. The molecule has 0 unspecified atom stereocenters. The standard InChI is InChI=1S/C15H14O4/c1-11-7-5-6-10-13(11)14(16)19-15(17,18)12-8-3-2-4-9-12/h2-10,17-18H,1H3. The van der Waals surface area contributed by atoms with Gasteiger partial charge in [0.15, 0.2) is 0 Å². The minimum absolute atomic E-state index is 0.0944. The molecule has 0 aliphatic heterocycles. The van der Waals surface area contributed by atoms with E-state index in [0.717, 1.165) is 0 Å². The number of aryl methyl sites for hydroxylation is 1. The first-order chi connectivity index (χ1) is 9.00. The summed E-state index contributed by atoms with van der Waals surface area (Å²) in [5, 5.41) is 19.6. The molecule has 0 fully saturated rings. The molecule has 0 saturated heterocycles. The van der Waals surface area contributed by atoms with Gasteiger partial charge >= 0.3 is 11.9 Å². The highest BCUT2D eigenvalue weighted by Gasteiger charge is 2.31. The summed E-state index contributed by atoms with van der Waals surface area (Å²) < 4.78 is 4.76. The predicted octanol–water partition coefficient (Wildman–Crippen LogP) is 1.95. The SMILES string of the molecule is Cc1ccccc1C(=O)OC(O)(O)c1ccccc1. The van der Waals surface area contributed by atoms with Crippen LogP contribution in [0.1, 0.15) is 21.5 Å². The zero-order chi connectivity index (χ0) is 13.9. The fourth-order valence-electron chi connectivity index (χ4n) is 1.70. The van der Waals surface area contributed by atoms with Gasteiger partial charge in [-0.15, -0.1) is 0 Å². The van der Waals surface area contributed by atoms with E-state index < -0.39 is 11.9 Å². The van der Waals surface area contributed by atoms with Crippen molar-refractivity contribution in [1.82, 2.24) is 0 Å². The lowest BCUT2D eigenvalue weighted by Gasteiger charge is -2.22. The molecule has 0 radical (unpaired) electrons. The molecule has 0 spiro atoms. The molecule has 0 bridgehead atoms. The highest BCUT2D eigenvalue weighted by Crippen LogP contribution is 2.21. The van der Waals surface area contributed by atoms with Gasteiger partial charge in [0, 0.05) is 0 Å². The first-order valence-electron chi connectivity index (χ1n) is 5.80. The van der Waals surface area contributed by atoms with E-state index in [4.69, 9.17) is 4.74 Å². The van der Waals surface area contributed by atoms with Crippen molar-refractivity contribution < 1.29 is 19.7 Å². The van der Waals surface area contributed by atoms with Gasteiger partial charge in [0.2, 0.25) is 0 Å². The molecular weight excluding hydrogens is 244 g/mol. The Bertz CT molecular complexity index is 576. The van der Waals surface area contributed by atoms with Crippen molar-refractivity contribution in [2.75, 3.05) is 0 Å². The van der Waals surface area contributed by atoms with Crippen LogP contribution in [0.25, 0.3) is 0 Å². The second kappa shape index (κ2) is 5.22. The lowest BCUT2D eigenvalue weighted by atomic mass is 10.1. The fourth-order valence-corrected chi connectivity index (χ4v) is 1.70. The summed E-state index contributed by atoms with van der Waals surface area (Å²) in [6, 6.07) is 14.7. The van der Waals surface area contributed by atoms with Gasteiger partial charge in [-0.25, -0.2) is 4.79 Å². The summed E-state index contributed by atoms with van der Waals surface area (Å²) in [6.07, 6.45) is 0. The predicted molar refractivity (Wildman–Crippen MR) is 69.2 cm³/mol. The van der Waals surface area contributed by atoms with Gasteiger partial charge in [-0.3, -0.25) is 0 Å². The summed E-state index contributed by atoms with van der Waals surface area (Å²) in [6.45, 7) is 1.75. The Hall–Kier alpha value is -2.17. The summed E-state index contributed by atoms with van der Waals surface area (Å²) in [4.78, 5) is 11.9. The zero-order valence-electron chi connectivity index (χ0n) is 10.4. The molecule has 0 saturated carbocycles. The normalized spacial score (nSPS) is 11.1. The molecule has 2 N–H and O–H groups in total. The summed E-state index contributed by atoms with van der Waals surface area (Å²) in [5.41, 5.74) is 1.10. The summed E-state index contributed by atoms with van der Waals surface area (Å²) >= 11 is 0. The molecule has 0 aliphatic carbocycles. The van der Waals surface area contributed by atoms with Gasteiger partial charge in [0.25, 0.3) is 0 Å². The maximum absolute atomic E-state index is 11.9. The van der Waals surface area contributed by atoms with Gasteiger partial charge in [-0.05, 0) is 30.7 Å². The number of ether oxygens (including phenoxy) is 1. The van der Waals surface area contributed by atoms with Gasteiger partial charge in [-0.2, -0.15) is 0 Å². The van der Waals surface area contributed by atoms with Crippen molar-refractivity contribution in [2.24, 2.45) is 0 Å². The molecular formula is C15H14O4. The number of carbonyl (C=O) groups is 1. The molecule has 0 aliphatic rings. The maximum Gasteiger partial charge on any atom is 0.353 e. The Kier molecular flexibility index (Phi) is 3.64. The minimum Gasteiger partial charge on any atom is -0.400 e. The summed E-state index contributed by atoms with van der Waals surface area (Å²) in [7, 11) is 0. The van der Waals surface area contributed by atoms with E-state index >= 15 is 0 Å². The van der Waals surface area contributed by atoms with Crippen LogP contribution in [-0.2, 0) is 10.7 Å². The lowest BCUT2D eigenvalue weighted by Crippen LogP contribution is -2.32. The topological polar surface area (TPSA) is 66.8 Å². The quantitative estimate of drug-likeness (QED) is 0.652. The summed E-state index contributed by atoms with van der Waals surface area (Å²) in [5.74, 6) is -3.42. The van der Waals surface area contributed by atoms with Gasteiger partial charge < -0.3 is 14.9 Å². The van der Waals surface area contributed by atoms with Gasteiger partial charge in [-0.1, -0.05) is 36.4 Å². The van der Waals surface area contributed by atoms with Crippen molar-refractivity contribution in [1.29, 1.82) is 0 Å². The molecule has 0 atom stereocenters. The van der Waals surface area contributed by atoms with Crippen LogP contribution >= 0.6 is 0 Å². The van der Waals surface area contributed by atoms with E-state index in [-0.39, 0.29) is 5.56 Å². The van der Waals surface area contributed by atoms with Crippen molar-refractivity contribution >= 4 is 5.97 Å². The fraction of sp³-hybridized carbons (Fsp3) is 0.133. The Morgan fingerprint density at radius 3 is 2.21 bits per heavy atom. The highest BCUT2D eigenvalue weighted by molar-refractivity contribution is 5.91. The number of esters is 1. The monoisotopic (exact) mass is 258 g/mol. The third-order valence-corrected chi connectivity index (χ3v) is 2.75. The molecule has 98 valence electrons. The van der Waals surface area contributed by atoms with Crippen LogP contribution in [0.3, 0.4) is 0 Å². The molecule has 0 amide bonds. The lowest BCUT2D eigenvalue weighted by molar-refractivity contribution is -0.319. The second-order valence-corrected chi connectivity index (χ2v) is 4.18. The largest absolute Gasteiger partial charge is 0.400 e. The Morgan fingerprint density at radius 1 is 1.00 bits per heavy atom. The number of aliphatic hydroxyl groups is 2. The van der Waals surface area contributed by atoms with E-state index in [9.17, 15) is 15.0 Å². The molecule has 0 aromatic heterocycles. The average Bonchev–Trinajstić information content (AvgIpc) is 2.39. The molecule has 19 heavy (non-hydrogen) atoms. The third kappa shape index (κ3) is 2.99. The van der Waals surface area contributed by atoms with Crippen LogP contribution in [0, 0.1) is 6.92 Å². The van der Waals surface area contributed by atoms with Gasteiger partial charge in [0.1, 0.15) is 0 Å². The van der Waals surface area contributed by atoms with E-state index in [1.807, 2.05) is 0 Å². The van der Waals surface area contributed by atoms with E-state index in [2.05, 4.69) is 0 Å². The molecule has 0 heterocycles. The average molecular weight is 258 g/mol. The number of carbonyl (C=O) groups excluding carboxylic acids is 1. The number of hydrogen-bond acceptors (Lipinski definition) is 4. The first kappa shape index (κ1) is 13.3. The molecule has 4 heteroatoms. The van der Waals surface area contributed by atoms with Crippen LogP contribution in [0.2, 0.25) is 0 Å². The highest BCUT2D eigenvalue weighted by atomic mass is 16.8. The minimum atomic E-state index is -2.64. The van der Waals surface area contributed by atoms with Crippen LogP contribution in [-0.4, -0.2) is 16.2 Å². The van der Waals surface area contributed by atoms with Crippen LogP contribution in [0.4, 0.5) is 0 Å². The van der Waals surface area contributed by atoms with E-state index in [1.165, 1.54) is 12.1 Å². The zero-order valence-corrected chi connectivity index (χ0v) is 10.4. The molecule has 2 aromatic rings. The van der Waals surface area contributed by atoms with E-state index in [1.54, 1.807) is 49.4 Å². The maximum atomic E-state index is 11.9. The third-order valence-electron chi connectivity index (χ3n) is 2.75. The Balaban J connectivity index is 2.22. The molecule has 2 aromatic carbocycles. The van der Waals surface area contributed by atoms with Crippen LogP contribution in [0.5, 0.6) is 0 Å². The first-order valence-corrected chi connectivity index (χ1v) is 5.80. The molecule has 4 nitrogen and oxygen atoms in total. The van der Waals surface area contributed by atoms with Crippen molar-refractivity contribution in [3.05, 3.63) is 71.3 Å². The number of rotatable bonds is 3. The Morgan fingerprint density at radius 2 is 1.58 bits per heavy atom. The van der Waals surface area contributed by atoms with Gasteiger partial charge in [0.05, 0.1) is 11.1 Å². The smallest absolute Gasteiger partial charge is 0.353 e.